The Morgan fingerprint density at radius 2 is 2.07 bits per heavy atom. The molecule has 0 unspecified atom stereocenters. The summed E-state index contributed by atoms with van der Waals surface area (Å²) in [5, 5.41) is 10.2. The Labute approximate surface area is 157 Å². The first-order chi connectivity index (χ1) is 13.0. The minimum absolute atomic E-state index is 0.163. The van der Waals surface area contributed by atoms with Gasteiger partial charge >= 0.3 is 0 Å². The van der Waals surface area contributed by atoms with Crippen molar-refractivity contribution >= 4 is 28.6 Å². The van der Waals surface area contributed by atoms with Crippen LogP contribution in [0.1, 0.15) is 27.0 Å². The maximum atomic E-state index is 12.1. The first-order valence-electron chi connectivity index (χ1n) is 8.37. The van der Waals surface area contributed by atoms with E-state index in [1.54, 1.807) is 17.8 Å². The standard InChI is InChI=1S/C19H22N6O2/c1-11-6-7-14(13(3)24-27-5)8-16(11)23-18-17-12(2)15(19(26)20-4)9-25(17)22-10-21-18/h6-10,24H,3H2,1-2,4-5H3,(H,20,26)(H,21,22,23). The molecular weight excluding hydrogens is 344 g/mol. The highest BCUT2D eigenvalue weighted by Crippen LogP contribution is 2.28. The number of hydrogen-bond donors (Lipinski definition) is 3. The van der Waals surface area contributed by atoms with Crippen molar-refractivity contribution in [1.29, 1.82) is 0 Å². The number of rotatable bonds is 6. The largest absolute Gasteiger partial charge is 0.355 e. The van der Waals surface area contributed by atoms with Gasteiger partial charge < -0.3 is 10.6 Å². The van der Waals surface area contributed by atoms with Crippen LogP contribution in [0.15, 0.2) is 37.3 Å². The molecule has 0 aliphatic rings. The van der Waals surface area contributed by atoms with Gasteiger partial charge in [-0.1, -0.05) is 18.7 Å². The monoisotopic (exact) mass is 366 g/mol. The van der Waals surface area contributed by atoms with E-state index >= 15 is 0 Å². The van der Waals surface area contributed by atoms with Crippen LogP contribution in [0.5, 0.6) is 0 Å². The zero-order chi connectivity index (χ0) is 19.6. The zero-order valence-electron chi connectivity index (χ0n) is 15.8. The second-order valence-electron chi connectivity index (χ2n) is 6.09. The minimum Gasteiger partial charge on any atom is -0.355 e. The second kappa shape index (κ2) is 7.46. The Morgan fingerprint density at radius 1 is 1.30 bits per heavy atom. The summed E-state index contributed by atoms with van der Waals surface area (Å²) < 4.78 is 1.65. The lowest BCUT2D eigenvalue weighted by Gasteiger charge is -2.13. The highest BCUT2D eigenvalue weighted by Gasteiger charge is 2.17. The number of hydrogen-bond acceptors (Lipinski definition) is 6. The van der Waals surface area contributed by atoms with E-state index in [0.717, 1.165) is 27.9 Å². The number of aromatic nitrogens is 3. The summed E-state index contributed by atoms with van der Waals surface area (Å²) in [7, 11) is 3.14. The van der Waals surface area contributed by atoms with Gasteiger partial charge in [-0.15, -0.1) is 0 Å². The Morgan fingerprint density at radius 3 is 2.78 bits per heavy atom. The van der Waals surface area contributed by atoms with E-state index in [4.69, 9.17) is 4.84 Å². The molecule has 2 heterocycles. The molecule has 3 rings (SSSR count). The van der Waals surface area contributed by atoms with Gasteiger partial charge in [-0.25, -0.2) is 9.50 Å². The molecule has 0 aliphatic carbocycles. The molecule has 3 aromatic rings. The Hall–Kier alpha value is -3.39. The minimum atomic E-state index is -0.163. The van der Waals surface area contributed by atoms with Gasteiger partial charge in [0.2, 0.25) is 0 Å². The number of amides is 1. The molecule has 27 heavy (non-hydrogen) atoms. The molecule has 0 fully saturated rings. The molecule has 0 saturated carbocycles. The number of anilines is 2. The van der Waals surface area contributed by atoms with E-state index in [9.17, 15) is 4.79 Å². The number of benzene rings is 1. The van der Waals surface area contributed by atoms with Gasteiger partial charge in [0, 0.05) is 24.5 Å². The van der Waals surface area contributed by atoms with Crippen LogP contribution in [0.4, 0.5) is 11.5 Å². The highest BCUT2D eigenvalue weighted by atomic mass is 16.6. The molecule has 8 nitrogen and oxygen atoms in total. The molecule has 0 bridgehead atoms. The van der Waals surface area contributed by atoms with Crippen LogP contribution in [0.3, 0.4) is 0 Å². The molecule has 3 N–H and O–H groups in total. The summed E-state index contributed by atoms with van der Waals surface area (Å²) in [5.74, 6) is 0.451. The maximum absolute atomic E-state index is 12.1. The zero-order valence-corrected chi connectivity index (χ0v) is 15.8. The summed E-state index contributed by atoms with van der Waals surface area (Å²) in [5.41, 5.74) is 8.28. The lowest BCUT2D eigenvalue weighted by Crippen LogP contribution is -2.17. The third-order valence-electron chi connectivity index (χ3n) is 4.36. The summed E-state index contributed by atoms with van der Waals surface area (Å²) >= 11 is 0. The van der Waals surface area contributed by atoms with Crippen molar-refractivity contribution in [1.82, 2.24) is 25.4 Å². The van der Waals surface area contributed by atoms with Crippen molar-refractivity contribution in [2.24, 2.45) is 0 Å². The van der Waals surface area contributed by atoms with Crippen molar-refractivity contribution in [3.05, 3.63) is 59.6 Å². The van der Waals surface area contributed by atoms with Crippen LogP contribution < -0.4 is 16.1 Å². The van der Waals surface area contributed by atoms with E-state index in [0.29, 0.717) is 17.1 Å². The number of carbonyl (C=O) groups excluding carboxylic acids is 1. The van der Waals surface area contributed by atoms with Crippen LogP contribution in [-0.4, -0.2) is 34.7 Å². The normalized spacial score (nSPS) is 10.7. The van der Waals surface area contributed by atoms with Gasteiger partial charge in [-0.05, 0) is 31.0 Å². The number of nitrogens with one attached hydrogen (secondary N) is 3. The molecule has 8 heteroatoms. The van der Waals surface area contributed by atoms with Crippen LogP contribution in [0.2, 0.25) is 0 Å². The average molecular weight is 366 g/mol. The molecule has 0 radical (unpaired) electrons. The SMILES string of the molecule is C=C(NOC)c1ccc(C)c(Nc2ncnn3cc(C(=O)NC)c(C)c23)c1. The quantitative estimate of drug-likeness (QED) is 0.581. The fourth-order valence-electron chi connectivity index (χ4n) is 2.87. The predicted octanol–water partition coefficient (Wildman–Crippen LogP) is 2.57. The van der Waals surface area contributed by atoms with Gasteiger partial charge in [-0.3, -0.25) is 15.1 Å². The second-order valence-corrected chi connectivity index (χ2v) is 6.09. The Bertz CT molecular complexity index is 1020. The van der Waals surface area contributed by atoms with Crippen molar-refractivity contribution in [2.75, 3.05) is 19.5 Å². The van der Waals surface area contributed by atoms with E-state index in [-0.39, 0.29) is 5.91 Å². The van der Waals surface area contributed by atoms with Crippen LogP contribution in [-0.2, 0) is 4.84 Å². The first kappa shape index (κ1) is 18.4. The molecule has 1 amide bonds. The third kappa shape index (κ3) is 3.47. The maximum Gasteiger partial charge on any atom is 0.252 e. The van der Waals surface area contributed by atoms with E-state index < -0.39 is 0 Å². The van der Waals surface area contributed by atoms with Crippen LogP contribution in [0.25, 0.3) is 11.2 Å². The number of carbonyl (C=O) groups is 1. The topological polar surface area (TPSA) is 92.6 Å². The van der Waals surface area contributed by atoms with E-state index in [1.807, 2.05) is 32.0 Å². The average Bonchev–Trinajstić information content (AvgIpc) is 3.00. The number of fused-ring (bicyclic) bond motifs is 1. The highest BCUT2D eigenvalue weighted by molar-refractivity contribution is 5.99. The molecule has 0 spiro atoms. The van der Waals surface area contributed by atoms with Gasteiger partial charge in [0.05, 0.1) is 18.4 Å². The summed E-state index contributed by atoms with van der Waals surface area (Å²) in [6.07, 6.45) is 3.15. The number of aryl methyl sites for hydroxylation is 2. The third-order valence-corrected chi connectivity index (χ3v) is 4.36. The molecule has 140 valence electrons. The van der Waals surface area contributed by atoms with Crippen molar-refractivity contribution in [3.63, 3.8) is 0 Å². The van der Waals surface area contributed by atoms with E-state index in [1.165, 1.54) is 13.4 Å². The molecule has 0 atom stereocenters. The molecule has 2 aromatic heterocycles. The van der Waals surface area contributed by atoms with Gasteiger partial charge in [-0.2, -0.15) is 5.10 Å². The molecule has 0 aliphatic heterocycles. The first-order valence-corrected chi connectivity index (χ1v) is 8.37. The molecule has 1 aromatic carbocycles. The van der Waals surface area contributed by atoms with Crippen molar-refractivity contribution in [2.45, 2.75) is 13.8 Å². The lowest BCUT2D eigenvalue weighted by molar-refractivity contribution is 0.0962. The Balaban J connectivity index is 2.05. The number of nitrogens with zero attached hydrogens (tertiary/aromatic N) is 3. The van der Waals surface area contributed by atoms with Gasteiger partial charge in [0.1, 0.15) is 11.8 Å². The summed E-state index contributed by atoms with van der Waals surface area (Å²) in [6, 6.07) is 5.90. The fraction of sp³-hybridized carbons (Fsp3) is 0.211. The Kier molecular flexibility index (Phi) is 5.09. The lowest BCUT2D eigenvalue weighted by atomic mass is 10.1. The number of hydroxylamine groups is 1. The predicted molar refractivity (Wildman–Crippen MR) is 105 cm³/mol. The fourth-order valence-corrected chi connectivity index (χ4v) is 2.87. The molecular formula is C19H22N6O2. The van der Waals surface area contributed by atoms with E-state index in [2.05, 4.69) is 32.8 Å². The van der Waals surface area contributed by atoms with Crippen LogP contribution in [0, 0.1) is 13.8 Å². The smallest absolute Gasteiger partial charge is 0.252 e. The van der Waals surface area contributed by atoms with Gasteiger partial charge in [0.15, 0.2) is 5.82 Å². The summed E-state index contributed by atoms with van der Waals surface area (Å²) in [6.45, 7) is 7.83. The van der Waals surface area contributed by atoms with Gasteiger partial charge in [0.25, 0.3) is 5.91 Å². The van der Waals surface area contributed by atoms with Crippen molar-refractivity contribution in [3.8, 4) is 0 Å². The van der Waals surface area contributed by atoms with Crippen LogP contribution >= 0.6 is 0 Å². The molecule has 0 saturated heterocycles. The summed E-state index contributed by atoms with van der Waals surface area (Å²) in [4.78, 5) is 21.4. The van der Waals surface area contributed by atoms with Crippen molar-refractivity contribution < 1.29 is 9.63 Å².